The Bertz CT molecular complexity index is 667. The fraction of sp³-hybridized carbons (Fsp3) is 0.789. The minimum atomic E-state index is 0.274. The average molecular weight is 361 g/mol. The number of hydrogen-bond acceptors (Lipinski definition) is 5. The minimum Gasteiger partial charge on any atom is -0.340 e. The second-order valence-electron chi connectivity index (χ2n) is 8.72. The molecule has 136 valence electrons. The Morgan fingerprint density at radius 1 is 1.32 bits per heavy atom. The molecule has 4 heterocycles. The number of fused-ring (bicyclic) bond motifs is 3. The van der Waals surface area contributed by atoms with Gasteiger partial charge in [-0.3, -0.25) is 4.79 Å². The molecule has 1 aromatic rings. The first kappa shape index (κ1) is 16.1. The van der Waals surface area contributed by atoms with E-state index in [2.05, 4.69) is 22.0 Å². The molecule has 1 aliphatic carbocycles. The molecule has 2 saturated heterocycles. The maximum absolute atomic E-state index is 12.7. The quantitative estimate of drug-likeness (QED) is 0.900. The predicted molar refractivity (Wildman–Crippen MR) is 100.0 cm³/mol. The van der Waals surface area contributed by atoms with Gasteiger partial charge in [-0.25, -0.2) is 4.98 Å². The molecule has 3 aliphatic heterocycles. The van der Waals surface area contributed by atoms with Crippen molar-refractivity contribution in [1.29, 1.82) is 0 Å². The van der Waals surface area contributed by atoms with Crippen molar-refractivity contribution in [3.8, 4) is 0 Å². The van der Waals surface area contributed by atoms with Gasteiger partial charge < -0.3 is 15.1 Å². The van der Waals surface area contributed by atoms with Crippen molar-refractivity contribution in [1.82, 2.24) is 15.2 Å². The van der Waals surface area contributed by atoms with Gasteiger partial charge in [0.05, 0.1) is 12.2 Å². The van der Waals surface area contributed by atoms with Crippen LogP contribution in [0.25, 0.3) is 0 Å². The summed E-state index contributed by atoms with van der Waals surface area (Å²) >= 11 is 1.84. The summed E-state index contributed by atoms with van der Waals surface area (Å²) in [4.78, 5) is 23.7. The zero-order valence-corrected chi connectivity index (χ0v) is 15.9. The molecule has 3 fully saturated rings. The van der Waals surface area contributed by atoms with E-state index in [9.17, 15) is 4.79 Å². The molecule has 1 amide bonds. The largest absolute Gasteiger partial charge is 0.340 e. The molecule has 0 aromatic carbocycles. The van der Waals surface area contributed by atoms with Crippen LogP contribution < -0.4 is 10.2 Å². The second-order valence-corrected chi connectivity index (χ2v) is 9.79. The predicted octanol–water partition coefficient (Wildman–Crippen LogP) is 2.55. The third kappa shape index (κ3) is 2.78. The maximum atomic E-state index is 12.7. The number of anilines is 1. The van der Waals surface area contributed by atoms with Gasteiger partial charge in [-0.05, 0) is 31.1 Å². The smallest absolute Gasteiger partial charge is 0.223 e. The molecule has 1 saturated carbocycles. The maximum Gasteiger partial charge on any atom is 0.223 e. The van der Waals surface area contributed by atoms with E-state index >= 15 is 0 Å². The highest BCUT2D eigenvalue weighted by molar-refractivity contribution is 7.15. The van der Waals surface area contributed by atoms with Gasteiger partial charge in [0.15, 0.2) is 5.13 Å². The van der Waals surface area contributed by atoms with Gasteiger partial charge in [0.1, 0.15) is 0 Å². The number of carbonyl (C=O) groups excluding carboxylic acids is 1. The monoisotopic (exact) mass is 360 g/mol. The van der Waals surface area contributed by atoms with Crippen molar-refractivity contribution >= 4 is 22.4 Å². The summed E-state index contributed by atoms with van der Waals surface area (Å²) < 4.78 is 0. The van der Waals surface area contributed by atoms with Crippen molar-refractivity contribution < 1.29 is 4.79 Å². The van der Waals surface area contributed by atoms with E-state index in [1.54, 1.807) is 0 Å². The molecule has 1 N–H and O–H groups in total. The topological polar surface area (TPSA) is 48.5 Å². The van der Waals surface area contributed by atoms with E-state index in [1.807, 2.05) is 11.3 Å². The van der Waals surface area contributed by atoms with Crippen molar-refractivity contribution in [2.24, 2.45) is 5.41 Å². The summed E-state index contributed by atoms with van der Waals surface area (Å²) in [5.41, 5.74) is 1.52. The Morgan fingerprint density at radius 3 is 2.76 bits per heavy atom. The SMILES string of the molecule is CC1(CC(=O)N2CCc3nc(N4C5CCC4CNC5)sc3C2)CCC1. The first-order valence-corrected chi connectivity index (χ1v) is 10.7. The molecule has 6 heteroatoms. The second kappa shape index (κ2) is 5.95. The van der Waals surface area contributed by atoms with Gasteiger partial charge in [-0.1, -0.05) is 24.7 Å². The van der Waals surface area contributed by atoms with Crippen LogP contribution >= 0.6 is 11.3 Å². The van der Waals surface area contributed by atoms with Gasteiger partial charge >= 0.3 is 0 Å². The van der Waals surface area contributed by atoms with Crippen molar-refractivity contribution in [3.63, 3.8) is 0 Å². The molecule has 2 unspecified atom stereocenters. The summed E-state index contributed by atoms with van der Waals surface area (Å²) in [6.45, 7) is 6.07. The Hall–Kier alpha value is -1.14. The standard InChI is InChI=1S/C19H28N4OS/c1-19(6-2-7-19)9-17(24)22-8-5-15-16(12-22)25-18(21-15)23-13-3-4-14(23)11-20-10-13/h13-14,20H,2-12H2,1H3. The van der Waals surface area contributed by atoms with Crippen LogP contribution in [0, 0.1) is 5.41 Å². The lowest BCUT2D eigenvalue weighted by molar-refractivity contribution is -0.135. The third-order valence-electron chi connectivity index (χ3n) is 6.81. The molecule has 0 radical (unpaired) electrons. The number of piperazine rings is 1. The fourth-order valence-corrected chi connectivity index (χ4v) is 6.30. The van der Waals surface area contributed by atoms with Gasteiger partial charge in [-0.15, -0.1) is 0 Å². The van der Waals surface area contributed by atoms with Crippen LogP contribution in [-0.2, 0) is 17.8 Å². The molecule has 2 bridgehead atoms. The lowest BCUT2D eigenvalue weighted by Gasteiger charge is -2.39. The molecule has 0 spiro atoms. The van der Waals surface area contributed by atoms with Crippen LogP contribution in [0.15, 0.2) is 0 Å². The molecule has 2 atom stereocenters. The first-order chi connectivity index (χ1) is 12.1. The Labute approximate surface area is 153 Å². The number of amides is 1. The van der Waals surface area contributed by atoms with Crippen LogP contribution in [0.4, 0.5) is 5.13 Å². The molecular weight excluding hydrogens is 332 g/mol. The van der Waals surface area contributed by atoms with Gasteiger partial charge in [-0.2, -0.15) is 0 Å². The number of carbonyl (C=O) groups is 1. The van der Waals surface area contributed by atoms with Gasteiger partial charge in [0.2, 0.25) is 5.91 Å². The normalized spacial score (nSPS) is 30.1. The van der Waals surface area contributed by atoms with E-state index in [0.29, 0.717) is 18.0 Å². The van der Waals surface area contributed by atoms with Crippen molar-refractivity contribution in [2.75, 3.05) is 24.5 Å². The molecule has 5 nitrogen and oxygen atoms in total. The molecule has 4 aliphatic rings. The van der Waals surface area contributed by atoms with Crippen LogP contribution in [0.5, 0.6) is 0 Å². The van der Waals surface area contributed by atoms with E-state index in [-0.39, 0.29) is 5.41 Å². The van der Waals surface area contributed by atoms with Crippen LogP contribution in [0.2, 0.25) is 0 Å². The number of thiazole rings is 1. The molecule has 1 aromatic heterocycles. The highest BCUT2D eigenvalue weighted by Crippen LogP contribution is 2.44. The van der Waals surface area contributed by atoms with E-state index in [4.69, 9.17) is 4.98 Å². The number of nitrogens with zero attached hydrogens (tertiary/aromatic N) is 3. The molecular formula is C19H28N4OS. The summed E-state index contributed by atoms with van der Waals surface area (Å²) in [5, 5.41) is 4.75. The number of nitrogens with one attached hydrogen (secondary N) is 1. The van der Waals surface area contributed by atoms with E-state index < -0.39 is 0 Å². The summed E-state index contributed by atoms with van der Waals surface area (Å²) in [7, 11) is 0. The average Bonchev–Trinajstić information content (AvgIpc) is 3.10. The highest BCUT2D eigenvalue weighted by atomic mass is 32.1. The van der Waals surface area contributed by atoms with Gasteiger partial charge in [0, 0.05) is 49.4 Å². The zero-order chi connectivity index (χ0) is 17.0. The third-order valence-corrected chi connectivity index (χ3v) is 7.91. The fourth-order valence-electron chi connectivity index (χ4n) is 5.03. The Kier molecular flexibility index (Phi) is 3.82. The Morgan fingerprint density at radius 2 is 2.08 bits per heavy atom. The highest BCUT2D eigenvalue weighted by Gasteiger charge is 2.39. The summed E-state index contributed by atoms with van der Waals surface area (Å²) in [6.07, 6.45) is 7.95. The molecule has 25 heavy (non-hydrogen) atoms. The van der Waals surface area contributed by atoms with Crippen LogP contribution in [0.1, 0.15) is 56.0 Å². The lowest BCUT2D eigenvalue weighted by Crippen LogP contribution is -2.51. The number of rotatable bonds is 3. The summed E-state index contributed by atoms with van der Waals surface area (Å²) in [6, 6.07) is 1.23. The molecule has 5 rings (SSSR count). The summed E-state index contributed by atoms with van der Waals surface area (Å²) in [5.74, 6) is 0.352. The van der Waals surface area contributed by atoms with Gasteiger partial charge in [0.25, 0.3) is 0 Å². The zero-order valence-electron chi connectivity index (χ0n) is 15.1. The number of aromatic nitrogens is 1. The van der Waals surface area contributed by atoms with Crippen LogP contribution in [-0.4, -0.2) is 47.5 Å². The van der Waals surface area contributed by atoms with Crippen molar-refractivity contribution in [2.45, 2.75) is 70.5 Å². The minimum absolute atomic E-state index is 0.274. The van der Waals surface area contributed by atoms with Crippen LogP contribution in [0.3, 0.4) is 0 Å². The lowest BCUT2D eigenvalue weighted by atomic mass is 9.68. The van der Waals surface area contributed by atoms with E-state index in [1.165, 1.54) is 47.8 Å². The first-order valence-electron chi connectivity index (χ1n) is 9.87. The van der Waals surface area contributed by atoms with E-state index in [0.717, 1.165) is 39.0 Å². The van der Waals surface area contributed by atoms with Crippen molar-refractivity contribution in [3.05, 3.63) is 10.6 Å². The number of hydrogen-bond donors (Lipinski definition) is 1. The Balaban J connectivity index is 1.30.